The number of hydrogen-bond donors (Lipinski definition) is 1. The van der Waals surface area contributed by atoms with Gasteiger partial charge >= 0.3 is 5.97 Å². The maximum Gasteiger partial charge on any atom is 0.326 e. The van der Waals surface area contributed by atoms with Crippen molar-refractivity contribution in [1.29, 1.82) is 0 Å². The molecule has 1 aliphatic rings. The standard InChI is InChI=1S/C13H18N2O2/c1-9(13(16)17)15(2)12-7-10-5-3-4-6-11(10)8-14-12/h7-9H,3-6H2,1-2H3,(H,16,17). The highest BCUT2D eigenvalue weighted by molar-refractivity contribution is 5.77. The number of hydrogen-bond acceptors (Lipinski definition) is 3. The molecule has 1 N–H and O–H groups in total. The van der Waals surface area contributed by atoms with Gasteiger partial charge in [0.2, 0.25) is 0 Å². The van der Waals surface area contributed by atoms with Gasteiger partial charge in [0, 0.05) is 13.2 Å². The first-order chi connectivity index (χ1) is 8.09. The summed E-state index contributed by atoms with van der Waals surface area (Å²) in [5, 5.41) is 8.98. The van der Waals surface area contributed by atoms with Crippen molar-refractivity contribution in [3.05, 3.63) is 23.4 Å². The lowest BCUT2D eigenvalue weighted by atomic mass is 9.93. The third kappa shape index (κ3) is 2.40. The SMILES string of the molecule is CC(C(=O)O)N(C)c1cc2c(cn1)CCCC2. The molecule has 2 rings (SSSR count). The van der Waals surface area contributed by atoms with Crippen molar-refractivity contribution >= 4 is 11.8 Å². The Hall–Kier alpha value is -1.58. The number of pyridine rings is 1. The van der Waals surface area contributed by atoms with Crippen molar-refractivity contribution in [2.75, 3.05) is 11.9 Å². The number of rotatable bonds is 3. The first kappa shape index (κ1) is 11.9. The zero-order valence-electron chi connectivity index (χ0n) is 10.3. The first-order valence-electron chi connectivity index (χ1n) is 6.03. The number of aliphatic carboxylic acids is 1. The molecular formula is C13H18N2O2. The van der Waals surface area contributed by atoms with Gasteiger partial charge in [0.05, 0.1) is 0 Å². The van der Waals surface area contributed by atoms with Crippen LogP contribution in [0.3, 0.4) is 0 Å². The number of aromatic nitrogens is 1. The maximum absolute atomic E-state index is 10.9. The van der Waals surface area contributed by atoms with Crippen LogP contribution in [0.25, 0.3) is 0 Å². The molecule has 0 radical (unpaired) electrons. The molecule has 17 heavy (non-hydrogen) atoms. The number of aryl methyl sites for hydroxylation is 2. The van der Waals surface area contributed by atoms with Crippen LogP contribution in [-0.2, 0) is 17.6 Å². The maximum atomic E-state index is 10.9. The van der Waals surface area contributed by atoms with E-state index in [4.69, 9.17) is 5.11 Å². The summed E-state index contributed by atoms with van der Waals surface area (Å²) in [5.41, 5.74) is 2.64. The summed E-state index contributed by atoms with van der Waals surface area (Å²) in [6, 6.07) is 1.48. The lowest BCUT2D eigenvalue weighted by Gasteiger charge is -2.24. The predicted molar refractivity (Wildman–Crippen MR) is 66.4 cm³/mol. The zero-order valence-corrected chi connectivity index (χ0v) is 10.3. The normalized spacial score (nSPS) is 16.1. The van der Waals surface area contributed by atoms with Crippen molar-refractivity contribution < 1.29 is 9.90 Å². The van der Waals surface area contributed by atoms with Crippen LogP contribution in [-0.4, -0.2) is 29.1 Å². The average Bonchev–Trinajstić information content (AvgIpc) is 2.36. The van der Waals surface area contributed by atoms with Gasteiger partial charge in [-0.05, 0) is 49.8 Å². The van der Waals surface area contributed by atoms with E-state index >= 15 is 0 Å². The fourth-order valence-corrected chi connectivity index (χ4v) is 2.16. The summed E-state index contributed by atoms with van der Waals surface area (Å²) in [6.07, 6.45) is 6.53. The Labute approximate surface area is 101 Å². The van der Waals surface area contributed by atoms with Crippen LogP contribution in [0.4, 0.5) is 5.82 Å². The van der Waals surface area contributed by atoms with Crippen molar-refractivity contribution in [2.24, 2.45) is 0 Å². The fourth-order valence-electron chi connectivity index (χ4n) is 2.16. The number of carboxylic acid groups (broad SMARTS) is 1. The minimum Gasteiger partial charge on any atom is -0.480 e. The zero-order chi connectivity index (χ0) is 12.4. The molecule has 1 unspecified atom stereocenters. The Bertz CT molecular complexity index is 431. The van der Waals surface area contributed by atoms with Crippen LogP contribution >= 0.6 is 0 Å². The second-order valence-corrected chi connectivity index (χ2v) is 4.64. The van der Waals surface area contributed by atoms with Crippen molar-refractivity contribution in [2.45, 2.75) is 38.6 Å². The highest BCUT2D eigenvalue weighted by atomic mass is 16.4. The van der Waals surface area contributed by atoms with E-state index in [1.165, 1.54) is 24.0 Å². The van der Waals surface area contributed by atoms with Crippen LogP contribution in [0.15, 0.2) is 12.3 Å². The lowest BCUT2D eigenvalue weighted by Crippen LogP contribution is -2.36. The Morgan fingerprint density at radius 1 is 1.41 bits per heavy atom. The quantitative estimate of drug-likeness (QED) is 0.867. The van der Waals surface area contributed by atoms with E-state index in [1.54, 1.807) is 18.9 Å². The average molecular weight is 234 g/mol. The van der Waals surface area contributed by atoms with E-state index < -0.39 is 12.0 Å². The van der Waals surface area contributed by atoms with Gasteiger partial charge in [0.25, 0.3) is 0 Å². The molecule has 0 aromatic carbocycles. The number of anilines is 1. The molecule has 0 spiro atoms. The highest BCUT2D eigenvalue weighted by Crippen LogP contribution is 2.24. The molecule has 0 bridgehead atoms. The largest absolute Gasteiger partial charge is 0.480 e. The topological polar surface area (TPSA) is 53.4 Å². The molecule has 0 saturated carbocycles. The molecule has 4 nitrogen and oxygen atoms in total. The van der Waals surface area contributed by atoms with Crippen LogP contribution in [0.1, 0.15) is 30.9 Å². The molecular weight excluding hydrogens is 216 g/mol. The molecule has 92 valence electrons. The lowest BCUT2D eigenvalue weighted by molar-refractivity contribution is -0.138. The smallest absolute Gasteiger partial charge is 0.326 e. The van der Waals surface area contributed by atoms with Crippen molar-refractivity contribution in [3.63, 3.8) is 0 Å². The third-order valence-electron chi connectivity index (χ3n) is 3.51. The van der Waals surface area contributed by atoms with Crippen LogP contribution in [0, 0.1) is 0 Å². The Balaban J connectivity index is 2.24. The molecule has 1 heterocycles. The minimum absolute atomic E-state index is 0.552. The number of nitrogens with zero attached hydrogens (tertiary/aromatic N) is 2. The van der Waals surface area contributed by atoms with Gasteiger partial charge in [-0.15, -0.1) is 0 Å². The molecule has 1 aliphatic carbocycles. The molecule has 1 aromatic rings. The van der Waals surface area contributed by atoms with Gasteiger partial charge in [-0.3, -0.25) is 0 Å². The van der Waals surface area contributed by atoms with E-state index in [9.17, 15) is 4.79 Å². The molecule has 0 amide bonds. The van der Waals surface area contributed by atoms with Crippen LogP contribution in [0.5, 0.6) is 0 Å². The highest BCUT2D eigenvalue weighted by Gasteiger charge is 2.19. The monoisotopic (exact) mass is 234 g/mol. The predicted octanol–water partition coefficient (Wildman–Crippen LogP) is 1.87. The second kappa shape index (κ2) is 4.73. The molecule has 0 fully saturated rings. The number of carbonyl (C=O) groups is 1. The van der Waals surface area contributed by atoms with Gasteiger partial charge in [-0.2, -0.15) is 0 Å². The summed E-state index contributed by atoms with van der Waals surface area (Å²) < 4.78 is 0. The number of carboxylic acids is 1. The number of fused-ring (bicyclic) bond motifs is 1. The van der Waals surface area contributed by atoms with Gasteiger partial charge < -0.3 is 10.0 Å². The molecule has 0 saturated heterocycles. The second-order valence-electron chi connectivity index (χ2n) is 4.64. The summed E-state index contributed by atoms with van der Waals surface area (Å²) >= 11 is 0. The van der Waals surface area contributed by atoms with Gasteiger partial charge in [0.15, 0.2) is 0 Å². The molecule has 0 aliphatic heterocycles. The van der Waals surface area contributed by atoms with Gasteiger partial charge in [-0.1, -0.05) is 0 Å². The summed E-state index contributed by atoms with van der Waals surface area (Å²) in [4.78, 5) is 17.0. The Morgan fingerprint density at radius 3 is 2.71 bits per heavy atom. The molecule has 4 heteroatoms. The van der Waals surface area contributed by atoms with E-state index in [1.807, 2.05) is 12.3 Å². The van der Waals surface area contributed by atoms with Gasteiger partial charge in [-0.25, -0.2) is 9.78 Å². The van der Waals surface area contributed by atoms with Crippen LogP contribution < -0.4 is 4.90 Å². The van der Waals surface area contributed by atoms with E-state index in [0.29, 0.717) is 0 Å². The summed E-state index contributed by atoms with van der Waals surface area (Å²) in [5.74, 6) is -0.0763. The summed E-state index contributed by atoms with van der Waals surface area (Å²) in [7, 11) is 1.77. The van der Waals surface area contributed by atoms with Crippen molar-refractivity contribution in [1.82, 2.24) is 4.98 Å². The Kier molecular flexibility index (Phi) is 3.31. The van der Waals surface area contributed by atoms with Crippen molar-refractivity contribution in [3.8, 4) is 0 Å². The van der Waals surface area contributed by atoms with Crippen LogP contribution in [0.2, 0.25) is 0 Å². The minimum atomic E-state index is -0.827. The molecule has 1 aromatic heterocycles. The van der Waals surface area contributed by atoms with E-state index in [2.05, 4.69) is 4.98 Å². The van der Waals surface area contributed by atoms with E-state index in [0.717, 1.165) is 18.7 Å². The Morgan fingerprint density at radius 2 is 2.06 bits per heavy atom. The van der Waals surface area contributed by atoms with E-state index in [-0.39, 0.29) is 0 Å². The van der Waals surface area contributed by atoms with Gasteiger partial charge in [0.1, 0.15) is 11.9 Å². The molecule has 1 atom stereocenters. The first-order valence-corrected chi connectivity index (χ1v) is 6.03. The number of likely N-dealkylation sites (N-methyl/N-ethyl adjacent to an activating group) is 1. The summed E-state index contributed by atoms with van der Waals surface area (Å²) in [6.45, 7) is 1.67. The third-order valence-corrected chi connectivity index (χ3v) is 3.51. The fraction of sp³-hybridized carbons (Fsp3) is 0.538.